The Kier molecular flexibility index (Phi) is 3.95. The molecule has 1 amide bonds. The van der Waals surface area contributed by atoms with Crippen molar-refractivity contribution in [3.05, 3.63) is 30.1 Å². The standard InChI is InChI=1S/C17H23N3O/c1-3-8-16-18-14-9-4-5-10-15(14)20(16)13(2)17(21)19-11-6-7-12-19/h4-5,9-10,13H,3,6-8,11-12H2,1-2H3. The molecule has 0 spiro atoms. The third-order valence-corrected chi connectivity index (χ3v) is 4.30. The van der Waals surface area contributed by atoms with Crippen LogP contribution in [0.3, 0.4) is 0 Å². The summed E-state index contributed by atoms with van der Waals surface area (Å²) in [5, 5.41) is 0. The molecule has 1 aliphatic heterocycles. The van der Waals surface area contributed by atoms with E-state index in [0.717, 1.165) is 55.6 Å². The van der Waals surface area contributed by atoms with Crippen molar-refractivity contribution in [2.45, 2.75) is 45.6 Å². The molecule has 1 aromatic carbocycles. The molecule has 1 aliphatic rings. The Morgan fingerprint density at radius 2 is 2.00 bits per heavy atom. The Hall–Kier alpha value is -1.84. The van der Waals surface area contributed by atoms with Gasteiger partial charge in [0.25, 0.3) is 0 Å². The molecule has 1 aromatic heterocycles. The summed E-state index contributed by atoms with van der Waals surface area (Å²) < 4.78 is 2.14. The predicted octanol–water partition coefficient (Wildman–Crippen LogP) is 3.17. The lowest BCUT2D eigenvalue weighted by Crippen LogP contribution is -2.34. The van der Waals surface area contributed by atoms with Gasteiger partial charge in [0.05, 0.1) is 11.0 Å². The number of aromatic nitrogens is 2. The number of carbonyl (C=O) groups excluding carboxylic acids is 1. The van der Waals surface area contributed by atoms with Crippen molar-refractivity contribution in [1.82, 2.24) is 14.5 Å². The largest absolute Gasteiger partial charge is 0.341 e. The zero-order valence-electron chi connectivity index (χ0n) is 12.9. The van der Waals surface area contributed by atoms with Crippen molar-refractivity contribution in [2.24, 2.45) is 0 Å². The fraction of sp³-hybridized carbons (Fsp3) is 0.529. The molecule has 0 bridgehead atoms. The number of hydrogen-bond donors (Lipinski definition) is 0. The number of carbonyl (C=O) groups is 1. The SMILES string of the molecule is CCCc1nc2ccccc2n1C(C)C(=O)N1CCCC1. The maximum absolute atomic E-state index is 12.7. The minimum atomic E-state index is -0.169. The molecular weight excluding hydrogens is 262 g/mol. The summed E-state index contributed by atoms with van der Waals surface area (Å²) in [6.07, 6.45) is 4.20. The lowest BCUT2D eigenvalue weighted by molar-refractivity contribution is -0.133. The van der Waals surface area contributed by atoms with Crippen LogP contribution in [0.1, 0.15) is 45.0 Å². The van der Waals surface area contributed by atoms with Crippen LogP contribution < -0.4 is 0 Å². The lowest BCUT2D eigenvalue weighted by atomic mass is 10.2. The van der Waals surface area contributed by atoms with E-state index in [1.165, 1.54) is 0 Å². The molecule has 4 nitrogen and oxygen atoms in total. The van der Waals surface area contributed by atoms with Crippen molar-refractivity contribution in [2.75, 3.05) is 13.1 Å². The summed E-state index contributed by atoms with van der Waals surface area (Å²) in [4.78, 5) is 19.4. The number of likely N-dealkylation sites (tertiary alicyclic amines) is 1. The molecule has 1 fully saturated rings. The van der Waals surface area contributed by atoms with Gasteiger partial charge in [0.15, 0.2) is 0 Å². The Bertz CT molecular complexity index is 641. The first-order chi connectivity index (χ1) is 10.2. The molecule has 1 atom stereocenters. The molecule has 2 aromatic rings. The van der Waals surface area contributed by atoms with Crippen LogP contribution in [0.2, 0.25) is 0 Å². The van der Waals surface area contributed by atoms with Crippen LogP contribution in [0.25, 0.3) is 11.0 Å². The van der Waals surface area contributed by atoms with Gasteiger partial charge in [-0.25, -0.2) is 4.98 Å². The van der Waals surface area contributed by atoms with Crippen LogP contribution in [0.15, 0.2) is 24.3 Å². The van der Waals surface area contributed by atoms with E-state index in [9.17, 15) is 4.79 Å². The second-order valence-electron chi connectivity index (χ2n) is 5.85. The topological polar surface area (TPSA) is 38.1 Å². The molecule has 0 saturated carbocycles. The van der Waals surface area contributed by atoms with Crippen LogP contribution >= 0.6 is 0 Å². The van der Waals surface area contributed by atoms with Gasteiger partial charge in [-0.2, -0.15) is 0 Å². The molecule has 3 rings (SSSR count). The van der Waals surface area contributed by atoms with Crippen molar-refractivity contribution in [1.29, 1.82) is 0 Å². The molecular formula is C17H23N3O. The van der Waals surface area contributed by atoms with E-state index in [4.69, 9.17) is 4.98 Å². The number of benzene rings is 1. The third kappa shape index (κ3) is 2.55. The molecule has 1 saturated heterocycles. The van der Waals surface area contributed by atoms with Crippen LogP contribution in [0.4, 0.5) is 0 Å². The molecule has 0 aliphatic carbocycles. The van der Waals surface area contributed by atoms with Crippen LogP contribution in [0, 0.1) is 0 Å². The highest BCUT2D eigenvalue weighted by atomic mass is 16.2. The first-order valence-electron chi connectivity index (χ1n) is 7.97. The molecule has 0 N–H and O–H groups in total. The van der Waals surface area contributed by atoms with E-state index < -0.39 is 0 Å². The zero-order chi connectivity index (χ0) is 14.8. The van der Waals surface area contributed by atoms with Gasteiger partial charge in [-0.1, -0.05) is 19.1 Å². The molecule has 0 radical (unpaired) electrons. The number of aryl methyl sites for hydroxylation is 1. The van der Waals surface area contributed by atoms with Gasteiger partial charge in [-0.15, -0.1) is 0 Å². The second kappa shape index (κ2) is 5.88. The monoisotopic (exact) mass is 285 g/mol. The number of hydrogen-bond acceptors (Lipinski definition) is 2. The number of para-hydroxylation sites is 2. The van der Waals surface area contributed by atoms with E-state index in [0.29, 0.717) is 0 Å². The van der Waals surface area contributed by atoms with Gasteiger partial charge >= 0.3 is 0 Å². The van der Waals surface area contributed by atoms with Gasteiger partial charge in [0, 0.05) is 19.5 Å². The number of rotatable bonds is 4. The number of amides is 1. The molecule has 2 heterocycles. The Morgan fingerprint density at radius 3 is 2.71 bits per heavy atom. The summed E-state index contributed by atoms with van der Waals surface area (Å²) in [6.45, 7) is 5.96. The minimum Gasteiger partial charge on any atom is -0.341 e. The summed E-state index contributed by atoms with van der Waals surface area (Å²) in [6, 6.07) is 7.94. The third-order valence-electron chi connectivity index (χ3n) is 4.30. The predicted molar refractivity (Wildman–Crippen MR) is 84.3 cm³/mol. The van der Waals surface area contributed by atoms with E-state index >= 15 is 0 Å². The van der Waals surface area contributed by atoms with Crippen molar-refractivity contribution < 1.29 is 4.79 Å². The quantitative estimate of drug-likeness (QED) is 0.865. The Balaban J connectivity index is 2.00. The Morgan fingerprint density at radius 1 is 1.29 bits per heavy atom. The molecule has 21 heavy (non-hydrogen) atoms. The van der Waals surface area contributed by atoms with Crippen LogP contribution in [-0.4, -0.2) is 33.4 Å². The molecule has 4 heteroatoms. The fourth-order valence-electron chi connectivity index (χ4n) is 3.24. The van der Waals surface area contributed by atoms with Gasteiger partial charge in [-0.05, 0) is 38.3 Å². The highest BCUT2D eigenvalue weighted by Gasteiger charge is 2.27. The first kappa shape index (κ1) is 14.1. The lowest BCUT2D eigenvalue weighted by Gasteiger charge is -2.23. The van der Waals surface area contributed by atoms with Crippen LogP contribution in [-0.2, 0) is 11.2 Å². The Labute approximate surface area is 125 Å². The van der Waals surface area contributed by atoms with Crippen molar-refractivity contribution in [3.63, 3.8) is 0 Å². The first-order valence-corrected chi connectivity index (χ1v) is 7.97. The number of fused-ring (bicyclic) bond motifs is 1. The number of nitrogens with zero attached hydrogens (tertiary/aromatic N) is 3. The van der Waals surface area contributed by atoms with Gasteiger partial charge in [-0.3, -0.25) is 4.79 Å². The maximum atomic E-state index is 12.7. The van der Waals surface area contributed by atoms with Crippen molar-refractivity contribution in [3.8, 4) is 0 Å². The average molecular weight is 285 g/mol. The minimum absolute atomic E-state index is 0.169. The van der Waals surface area contributed by atoms with E-state index in [2.05, 4.69) is 17.6 Å². The maximum Gasteiger partial charge on any atom is 0.245 e. The second-order valence-corrected chi connectivity index (χ2v) is 5.85. The highest BCUT2D eigenvalue weighted by Crippen LogP contribution is 2.24. The smallest absolute Gasteiger partial charge is 0.245 e. The van der Waals surface area contributed by atoms with Crippen molar-refractivity contribution >= 4 is 16.9 Å². The summed E-state index contributed by atoms with van der Waals surface area (Å²) in [5.74, 6) is 1.26. The molecule has 112 valence electrons. The van der Waals surface area contributed by atoms with Crippen LogP contribution in [0.5, 0.6) is 0 Å². The van der Waals surface area contributed by atoms with E-state index in [1.54, 1.807) is 0 Å². The highest BCUT2D eigenvalue weighted by molar-refractivity contribution is 5.84. The number of imidazole rings is 1. The van der Waals surface area contributed by atoms with E-state index in [-0.39, 0.29) is 11.9 Å². The summed E-state index contributed by atoms with van der Waals surface area (Å²) >= 11 is 0. The zero-order valence-corrected chi connectivity index (χ0v) is 12.9. The average Bonchev–Trinajstić information content (AvgIpc) is 3.13. The van der Waals surface area contributed by atoms with E-state index in [1.807, 2.05) is 30.0 Å². The molecule has 1 unspecified atom stereocenters. The normalized spacial score (nSPS) is 16.6. The van der Waals surface area contributed by atoms with Gasteiger partial charge in [0.2, 0.25) is 5.91 Å². The fourth-order valence-corrected chi connectivity index (χ4v) is 3.24. The van der Waals surface area contributed by atoms with Gasteiger partial charge in [0.1, 0.15) is 11.9 Å². The summed E-state index contributed by atoms with van der Waals surface area (Å²) in [5.41, 5.74) is 2.06. The van der Waals surface area contributed by atoms with Gasteiger partial charge < -0.3 is 9.47 Å². The summed E-state index contributed by atoms with van der Waals surface area (Å²) in [7, 11) is 0.